The maximum Gasteiger partial charge on any atom is 0.303 e. The van der Waals surface area contributed by atoms with Crippen LogP contribution in [-0.2, 0) is 27.3 Å². The van der Waals surface area contributed by atoms with E-state index in [-0.39, 0.29) is 0 Å². The third-order valence-electron chi connectivity index (χ3n) is 10.3. The molecule has 0 atom stereocenters. The Morgan fingerprint density at radius 2 is 1.02 bits per heavy atom. The van der Waals surface area contributed by atoms with Crippen LogP contribution in [0.4, 0.5) is 0 Å². The molecule has 2 nitrogen and oxygen atoms in total. The zero-order valence-corrected chi connectivity index (χ0v) is 36.6. The summed E-state index contributed by atoms with van der Waals surface area (Å²) in [4.78, 5) is 3.26. The van der Waals surface area contributed by atoms with Gasteiger partial charge in [-0.2, -0.15) is 0 Å². The summed E-state index contributed by atoms with van der Waals surface area (Å²) >= 11 is 2.01. The van der Waals surface area contributed by atoms with Crippen LogP contribution in [0.2, 0.25) is 10.8 Å². The Bertz CT molecular complexity index is 1250. The third kappa shape index (κ3) is 24.8. The zero-order valence-electron chi connectivity index (χ0n) is 35.6. The number of hydrogen-bond donors (Lipinski definition) is 0. The quantitative estimate of drug-likeness (QED) is 0.0183. The summed E-state index contributed by atoms with van der Waals surface area (Å²) in [6, 6.07) is 18.2. The van der Waals surface area contributed by atoms with Gasteiger partial charge in [0.05, 0.1) is 5.57 Å². The Balaban J connectivity index is 0.000000628. The van der Waals surface area contributed by atoms with E-state index in [1.807, 2.05) is 21.4 Å². The minimum Gasteiger partial charge on any atom is -0.348 e. The fourth-order valence-corrected chi connectivity index (χ4v) is 8.11. The predicted molar refractivity (Wildman–Crippen MR) is 233 cm³/mol. The Kier molecular flexibility index (Phi) is 32.8. The van der Waals surface area contributed by atoms with E-state index < -0.39 is 0 Å². The molecule has 0 unspecified atom stereocenters. The SMILES string of the molecule is CCCCCCCC[CH2][Ni][CH2]CCCCCCCC.CCCCCCc1cccc(C(=C(CCCCC)C(C)=C=[N+]=[N-])c2ccc(CCCC)cc2)c1. The standard InChI is InChI=1S/C32H44N2.2C9H19.Ni/c1-5-8-11-13-16-28-17-14-18-30(24-28)32(29-22-20-27(21-23-29)15-10-7-3)31(19-12-9-6-2)26(4)25-34-33;2*1-3-5-7-9-8-6-4-2;/h14,17-18,20-24H,5-13,15-16,19H2,1-4H3;2*1,3-9H2,2H3;. The summed E-state index contributed by atoms with van der Waals surface area (Å²) in [5.74, 6) is 2.83. The molecule has 0 aliphatic rings. The topological polar surface area (TPSA) is 36.4 Å². The first-order valence-electron chi connectivity index (χ1n) is 22.4. The van der Waals surface area contributed by atoms with Gasteiger partial charge >= 0.3 is 135 Å². The maximum absolute atomic E-state index is 9.25. The number of hydrogen-bond acceptors (Lipinski definition) is 0. The van der Waals surface area contributed by atoms with E-state index in [2.05, 4.69) is 93.8 Å². The molecule has 0 aliphatic carbocycles. The molecule has 302 valence electrons. The van der Waals surface area contributed by atoms with E-state index >= 15 is 0 Å². The molecule has 2 aromatic rings. The first kappa shape index (κ1) is 48.9. The van der Waals surface area contributed by atoms with Crippen molar-refractivity contribution in [2.45, 2.75) is 219 Å². The van der Waals surface area contributed by atoms with E-state index in [1.54, 1.807) is 0 Å². The van der Waals surface area contributed by atoms with Crippen LogP contribution in [0.25, 0.3) is 11.1 Å². The second-order valence-corrected chi connectivity index (χ2v) is 16.7. The second-order valence-electron chi connectivity index (χ2n) is 15.2. The Morgan fingerprint density at radius 1 is 0.528 bits per heavy atom. The van der Waals surface area contributed by atoms with Crippen molar-refractivity contribution in [1.82, 2.24) is 0 Å². The monoisotopic (exact) mass is 769 g/mol. The van der Waals surface area contributed by atoms with Gasteiger partial charge in [-0.25, -0.2) is 0 Å². The number of aryl methyl sites for hydroxylation is 2. The molecule has 0 fully saturated rings. The number of benzene rings is 2. The van der Waals surface area contributed by atoms with Crippen molar-refractivity contribution in [2.24, 2.45) is 0 Å². The van der Waals surface area contributed by atoms with E-state index in [1.165, 1.54) is 185 Å². The molecule has 53 heavy (non-hydrogen) atoms. The van der Waals surface area contributed by atoms with Gasteiger partial charge in [0.1, 0.15) is 0 Å². The van der Waals surface area contributed by atoms with Crippen molar-refractivity contribution >= 4 is 11.4 Å². The molecule has 0 aromatic heterocycles. The van der Waals surface area contributed by atoms with Crippen molar-refractivity contribution in [3.63, 3.8) is 0 Å². The fourth-order valence-electron chi connectivity index (χ4n) is 6.88. The normalized spacial score (nSPS) is 11.4. The summed E-state index contributed by atoms with van der Waals surface area (Å²) in [6.07, 6.45) is 34.5. The van der Waals surface area contributed by atoms with Gasteiger partial charge in [0, 0.05) is 0 Å². The Hall–Kier alpha value is -2.17. The van der Waals surface area contributed by atoms with Gasteiger partial charge in [0.2, 0.25) is 0 Å². The van der Waals surface area contributed by atoms with Gasteiger partial charge in [-0.15, -0.1) is 4.79 Å². The van der Waals surface area contributed by atoms with E-state index in [0.717, 1.165) is 31.3 Å². The predicted octanol–water partition coefficient (Wildman–Crippen LogP) is 16.8. The van der Waals surface area contributed by atoms with Gasteiger partial charge in [-0.3, -0.25) is 0 Å². The van der Waals surface area contributed by atoms with Crippen molar-refractivity contribution in [2.75, 3.05) is 0 Å². The molecule has 0 saturated heterocycles. The van der Waals surface area contributed by atoms with Gasteiger partial charge in [0.25, 0.3) is 0 Å². The molecule has 0 heterocycles. The molecule has 0 amide bonds. The van der Waals surface area contributed by atoms with Crippen LogP contribution in [0.3, 0.4) is 0 Å². The minimum atomic E-state index is 0.914. The molecular weight excluding hydrogens is 687 g/mol. The molecule has 0 bridgehead atoms. The van der Waals surface area contributed by atoms with Crippen LogP contribution in [0.15, 0.2) is 59.7 Å². The van der Waals surface area contributed by atoms with Crippen LogP contribution < -0.4 is 0 Å². The van der Waals surface area contributed by atoms with E-state index in [0.29, 0.717) is 0 Å². The number of rotatable bonds is 31. The van der Waals surface area contributed by atoms with Crippen molar-refractivity contribution < 1.29 is 19.2 Å². The summed E-state index contributed by atoms with van der Waals surface area (Å²) in [5.41, 5.74) is 17.9. The second kappa shape index (κ2) is 35.5. The van der Waals surface area contributed by atoms with Crippen molar-refractivity contribution in [3.05, 3.63) is 87.5 Å². The molecule has 2 rings (SSSR count). The van der Waals surface area contributed by atoms with Crippen LogP contribution >= 0.6 is 0 Å². The summed E-state index contributed by atoms with van der Waals surface area (Å²) in [6.45, 7) is 13.3. The minimum absolute atomic E-state index is 0.914. The summed E-state index contributed by atoms with van der Waals surface area (Å²) in [7, 11) is 0. The van der Waals surface area contributed by atoms with Crippen LogP contribution in [0.5, 0.6) is 0 Å². The van der Waals surface area contributed by atoms with E-state index in [9.17, 15) is 5.53 Å². The molecule has 0 aliphatic heterocycles. The first-order valence-corrected chi connectivity index (χ1v) is 23.8. The number of unbranched alkanes of at least 4 members (excludes halogenated alkanes) is 18. The molecule has 3 heteroatoms. The largest absolute Gasteiger partial charge is 0.348 e. The van der Waals surface area contributed by atoms with Gasteiger partial charge in [0.15, 0.2) is 0 Å². The molecule has 0 spiro atoms. The van der Waals surface area contributed by atoms with Gasteiger partial charge in [-0.1, -0.05) is 108 Å². The summed E-state index contributed by atoms with van der Waals surface area (Å²) < 4.78 is 0. The maximum atomic E-state index is 9.25. The average Bonchev–Trinajstić information content (AvgIpc) is 3.18. The van der Waals surface area contributed by atoms with Crippen molar-refractivity contribution in [3.8, 4) is 0 Å². The first-order chi connectivity index (χ1) is 26.1. The molecular formula is C50H82N2Ni. The van der Waals surface area contributed by atoms with Crippen LogP contribution in [0.1, 0.15) is 218 Å². The van der Waals surface area contributed by atoms with E-state index in [4.69, 9.17) is 0 Å². The smallest absolute Gasteiger partial charge is 0.303 e. The molecule has 0 N–H and O–H groups in total. The fraction of sp³-hybridized carbons (Fsp3) is 0.680. The van der Waals surface area contributed by atoms with Gasteiger partial charge < -0.3 is 5.53 Å². The number of allylic oxidation sites excluding steroid dienone is 2. The van der Waals surface area contributed by atoms with Crippen LogP contribution in [-0.4, -0.2) is 10.7 Å². The molecule has 0 radical (unpaired) electrons. The summed E-state index contributed by atoms with van der Waals surface area (Å²) in [5, 5.41) is 2.85. The number of nitrogens with zero attached hydrogens (tertiary/aromatic N) is 2. The third-order valence-corrected chi connectivity index (χ3v) is 11.6. The Labute approximate surface area is 335 Å². The zero-order chi connectivity index (χ0) is 38.6. The van der Waals surface area contributed by atoms with Gasteiger partial charge in [-0.05, 0) is 78.8 Å². The molecule has 2 aromatic carbocycles. The molecule has 0 saturated carbocycles. The van der Waals surface area contributed by atoms with Crippen molar-refractivity contribution in [1.29, 1.82) is 0 Å². The average molecular weight is 770 g/mol. The Morgan fingerprint density at radius 3 is 1.57 bits per heavy atom. The van der Waals surface area contributed by atoms with Crippen LogP contribution in [0, 0.1) is 0 Å².